The number of nitrogens with one attached hydrogen (secondary N) is 1. The van der Waals surface area contributed by atoms with Crippen LogP contribution in [0.1, 0.15) is 12.0 Å². The molecule has 1 heterocycles. The van der Waals surface area contributed by atoms with Crippen molar-refractivity contribution in [3.05, 3.63) is 53.6 Å². The lowest BCUT2D eigenvalue weighted by Crippen LogP contribution is -2.39. The number of carbonyl (C=O) groups is 1. The largest absolute Gasteiger partial charge is 0.482 e. The molecule has 0 unspecified atom stereocenters. The number of fused-ring (bicyclic) bond motifs is 1. The third-order valence-corrected chi connectivity index (χ3v) is 3.84. The van der Waals surface area contributed by atoms with Crippen LogP contribution in [0.2, 0.25) is 0 Å². The molecule has 0 atom stereocenters. The highest BCUT2D eigenvalue weighted by atomic mass is 19.1. The predicted molar refractivity (Wildman–Crippen MR) is 88.5 cm³/mol. The normalized spacial score (nSPS) is 13.0. The molecule has 5 nitrogen and oxygen atoms in total. The van der Waals surface area contributed by atoms with Crippen molar-refractivity contribution in [2.45, 2.75) is 6.42 Å². The van der Waals surface area contributed by atoms with E-state index in [2.05, 4.69) is 5.32 Å². The van der Waals surface area contributed by atoms with Crippen LogP contribution in [0, 0.1) is 23.0 Å². The van der Waals surface area contributed by atoms with Crippen molar-refractivity contribution >= 4 is 17.3 Å². The first-order valence-corrected chi connectivity index (χ1v) is 7.75. The zero-order valence-electron chi connectivity index (χ0n) is 13.3. The number of rotatable bonds is 5. The Labute approximate surface area is 143 Å². The third kappa shape index (κ3) is 3.53. The smallest absolute Gasteiger partial charge is 0.265 e. The number of hydrogen-bond acceptors (Lipinski definition) is 4. The van der Waals surface area contributed by atoms with Crippen LogP contribution < -0.4 is 15.0 Å². The van der Waals surface area contributed by atoms with E-state index in [9.17, 15) is 13.6 Å². The molecule has 0 fully saturated rings. The molecule has 0 spiro atoms. The number of carbonyl (C=O) groups excluding carboxylic acids is 1. The number of nitrogens with zero attached hydrogens (tertiary/aromatic N) is 2. The molecule has 0 saturated heterocycles. The SMILES string of the molecule is N#Cc1cc(F)c(NCCCN2C(=O)COc3ccccc32)c(F)c1. The molecule has 0 aromatic heterocycles. The second-order valence-electron chi connectivity index (χ2n) is 5.51. The van der Waals surface area contributed by atoms with E-state index in [0.717, 1.165) is 12.1 Å². The van der Waals surface area contributed by atoms with Gasteiger partial charge in [0.25, 0.3) is 5.91 Å². The molecular weight excluding hydrogens is 328 g/mol. The molecule has 0 aliphatic carbocycles. The Balaban J connectivity index is 1.61. The van der Waals surface area contributed by atoms with Crippen LogP contribution >= 0.6 is 0 Å². The maximum absolute atomic E-state index is 13.8. The number of benzene rings is 2. The van der Waals surface area contributed by atoms with Gasteiger partial charge in [-0.05, 0) is 30.7 Å². The first kappa shape index (κ1) is 16.7. The molecule has 2 aromatic rings. The van der Waals surface area contributed by atoms with Crippen molar-refractivity contribution in [1.82, 2.24) is 0 Å². The molecule has 2 aromatic carbocycles. The first-order chi connectivity index (χ1) is 12.1. The molecule has 0 bridgehead atoms. The van der Waals surface area contributed by atoms with Crippen molar-refractivity contribution < 1.29 is 18.3 Å². The monoisotopic (exact) mass is 343 g/mol. The highest BCUT2D eigenvalue weighted by Gasteiger charge is 2.24. The maximum atomic E-state index is 13.8. The van der Waals surface area contributed by atoms with Crippen molar-refractivity contribution in [2.75, 3.05) is 29.9 Å². The lowest BCUT2D eigenvalue weighted by Gasteiger charge is -2.29. The third-order valence-electron chi connectivity index (χ3n) is 3.84. The topological polar surface area (TPSA) is 65.4 Å². The van der Waals surface area contributed by atoms with Gasteiger partial charge in [0, 0.05) is 13.1 Å². The molecular formula is C18H15F2N3O2. The number of para-hydroxylation sites is 2. The highest BCUT2D eigenvalue weighted by molar-refractivity contribution is 5.97. The number of halogens is 2. The van der Waals surface area contributed by atoms with Crippen LogP contribution in [0.3, 0.4) is 0 Å². The highest BCUT2D eigenvalue weighted by Crippen LogP contribution is 2.31. The lowest BCUT2D eigenvalue weighted by molar-refractivity contribution is -0.121. The standard InChI is InChI=1S/C18H15F2N3O2/c19-13-8-12(10-21)9-14(20)18(13)22-6-3-7-23-15-4-1-2-5-16(15)25-11-17(23)24/h1-2,4-5,8-9,22H,3,6-7,11H2. The second-order valence-corrected chi connectivity index (χ2v) is 5.51. The van der Waals surface area contributed by atoms with E-state index in [0.29, 0.717) is 24.4 Å². The summed E-state index contributed by atoms with van der Waals surface area (Å²) in [6.07, 6.45) is 0.485. The average molecular weight is 343 g/mol. The quantitative estimate of drug-likeness (QED) is 0.848. The number of amides is 1. The molecule has 1 aliphatic rings. The zero-order chi connectivity index (χ0) is 17.8. The van der Waals surface area contributed by atoms with E-state index in [4.69, 9.17) is 10.00 Å². The summed E-state index contributed by atoms with van der Waals surface area (Å²) in [4.78, 5) is 13.6. The summed E-state index contributed by atoms with van der Waals surface area (Å²) < 4.78 is 33.0. The minimum atomic E-state index is -0.815. The number of hydrogen-bond donors (Lipinski definition) is 1. The molecule has 1 aliphatic heterocycles. The lowest BCUT2D eigenvalue weighted by atomic mass is 10.2. The van der Waals surface area contributed by atoms with Gasteiger partial charge in [-0.15, -0.1) is 0 Å². The zero-order valence-corrected chi connectivity index (χ0v) is 13.3. The van der Waals surface area contributed by atoms with Crippen LogP contribution in [0.4, 0.5) is 20.2 Å². The van der Waals surface area contributed by atoms with Gasteiger partial charge in [0.1, 0.15) is 11.4 Å². The Morgan fingerprint density at radius 3 is 2.68 bits per heavy atom. The van der Waals surface area contributed by atoms with Crippen molar-refractivity contribution in [2.24, 2.45) is 0 Å². The minimum Gasteiger partial charge on any atom is -0.482 e. The Morgan fingerprint density at radius 1 is 1.24 bits per heavy atom. The van der Waals surface area contributed by atoms with Crippen LogP contribution in [0.25, 0.3) is 0 Å². The molecule has 25 heavy (non-hydrogen) atoms. The van der Waals surface area contributed by atoms with Gasteiger partial charge in [-0.25, -0.2) is 8.78 Å². The van der Waals surface area contributed by atoms with Gasteiger partial charge in [0.15, 0.2) is 18.2 Å². The van der Waals surface area contributed by atoms with E-state index >= 15 is 0 Å². The second kappa shape index (κ2) is 7.18. The fourth-order valence-electron chi connectivity index (χ4n) is 2.66. The Hall–Kier alpha value is -3.14. The van der Waals surface area contributed by atoms with Gasteiger partial charge in [0.05, 0.1) is 17.3 Å². The van der Waals surface area contributed by atoms with E-state index < -0.39 is 11.6 Å². The minimum absolute atomic E-state index is 0.0245. The molecule has 3 rings (SSSR count). The fourth-order valence-corrected chi connectivity index (χ4v) is 2.66. The number of anilines is 2. The molecule has 128 valence electrons. The van der Waals surface area contributed by atoms with Gasteiger partial charge in [-0.2, -0.15) is 5.26 Å². The van der Waals surface area contributed by atoms with Crippen LogP contribution in [0.5, 0.6) is 5.75 Å². The van der Waals surface area contributed by atoms with Gasteiger partial charge in [-0.1, -0.05) is 12.1 Å². The first-order valence-electron chi connectivity index (χ1n) is 7.75. The molecule has 1 N–H and O–H groups in total. The Morgan fingerprint density at radius 2 is 1.96 bits per heavy atom. The summed E-state index contributed by atoms with van der Waals surface area (Å²) in [6, 6.07) is 10.9. The van der Waals surface area contributed by atoms with Gasteiger partial charge < -0.3 is 15.0 Å². The van der Waals surface area contributed by atoms with Gasteiger partial charge >= 0.3 is 0 Å². The molecule has 0 radical (unpaired) electrons. The van der Waals surface area contributed by atoms with Crippen molar-refractivity contribution in [3.8, 4) is 11.8 Å². The predicted octanol–water partition coefficient (Wildman–Crippen LogP) is 3.06. The summed E-state index contributed by atoms with van der Waals surface area (Å²) in [5, 5.41) is 11.4. The fraction of sp³-hybridized carbons (Fsp3) is 0.222. The molecule has 1 amide bonds. The maximum Gasteiger partial charge on any atom is 0.265 e. The summed E-state index contributed by atoms with van der Waals surface area (Å²) in [7, 11) is 0. The number of nitriles is 1. The molecule has 0 saturated carbocycles. The summed E-state index contributed by atoms with van der Waals surface area (Å²) >= 11 is 0. The Bertz CT molecular complexity index is 825. The van der Waals surface area contributed by atoms with E-state index in [1.165, 1.54) is 0 Å². The Kier molecular flexibility index (Phi) is 4.80. The van der Waals surface area contributed by atoms with Crippen molar-refractivity contribution in [3.63, 3.8) is 0 Å². The van der Waals surface area contributed by atoms with Gasteiger partial charge in [-0.3, -0.25) is 4.79 Å². The van der Waals surface area contributed by atoms with Crippen LogP contribution in [-0.4, -0.2) is 25.6 Å². The summed E-state index contributed by atoms with van der Waals surface area (Å²) in [5.74, 6) is -1.15. The average Bonchev–Trinajstić information content (AvgIpc) is 2.61. The van der Waals surface area contributed by atoms with Crippen LogP contribution in [0.15, 0.2) is 36.4 Å². The summed E-state index contributed by atoms with van der Waals surface area (Å²) in [5.41, 5.74) is 0.346. The molecule has 7 heteroatoms. The van der Waals surface area contributed by atoms with E-state index in [1.54, 1.807) is 23.1 Å². The van der Waals surface area contributed by atoms with Crippen molar-refractivity contribution in [1.29, 1.82) is 5.26 Å². The van der Waals surface area contributed by atoms with E-state index in [-0.39, 0.29) is 30.3 Å². The van der Waals surface area contributed by atoms with E-state index in [1.807, 2.05) is 12.1 Å². The van der Waals surface area contributed by atoms with Gasteiger partial charge in [0.2, 0.25) is 0 Å². The van der Waals surface area contributed by atoms with Crippen LogP contribution in [-0.2, 0) is 4.79 Å². The number of ether oxygens (including phenoxy) is 1. The summed E-state index contributed by atoms with van der Waals surface area (Å²) in [6.45, 7) is 0.640.